The minimum absolute atomic E-state index is 0.529. The summed E-state index contributed by atoms with van der Waals surface area (Å²) in [7, 11) is 3.34. The first-order valence-electron chi connectivity index (χ1n) is 7.47. The van der Waals surface area contributed by atoms with Crippen LogP contribution in [0, 0.1) is 0 Å². The first-order valence-corrected chi connectivity index (χ1v) is 7.47. The summed E-state index contributed by atoms with van der Waals surface area (Å²) in [5.41, 5.74) is 1.25. The summed E-state index contributed by atoms with van der Waals surface area (Å²) >= 11 is 0. The number of rotatable bonds is 7. The van der Waals surface area contributed by atoms with Crippen LogP contribution in [-0.2, 0) is 11.3 Å². The highest BCUT2D eigenvalue weighted by Crippen LogP contribution is 2.28. The van der Waals surface area contributed by atoms with Gasteiger partial charge < -0.3 is 19.5 Å². The van der Waals surface area contributed by atoms with Crippen molar-refractivity contribution in [3.63, 3.8) is 0 Å². The zero-order valence-electron chi connectivity index (χ0n) is 13.2. The molecule has 0 saturated carbocycles. The Morgan fingerprint density at radius 1 is 1.24 bits per heavy atom. The van der Waals surface area contributed by atoms with Crippen molar-refractivity contribution in [3.05, 3.63) is 23.8 Å². The van der Waals surface area contributed by atoms with Crippen molar-refractivity contribution in [2.24, 2.45) is 0 Å². The van der Waals surface area contributed by atoms with Crippen LogP contribution in [0.1, 0.15) is 12.5 Å². The normalized spacial score (nSPS) is 19.5. The fourth-order valence-electron chi connectivity index (χ4n) is 2.58. The Morgan fingerprint density at radius 2 is 2.10 bits per heavy atom. The van der Waals surface area contributed by atoms with Gasteiger partial charge in [0, 0.05) is 39.3 Å². The van der Waals surface area contributed by atoms with E-state index in [0.717, 1.165) is 37.7 Å². The molecule has 0 aromatic heterocycles. The van der Waals surface area contributed by atoms with Crippen LogP contribution in [0.2, 0.25) is 0 Å². The number of nitrogens with zero attached hydrogens (tertiary/aromatic N) is 1. The lowest BCUT2D eigenvalue weighted by Gasteiger charge is -2.31. The molecule has 5 nitrogen and oxygen atoms in total. The third-order valence-corrected chi connectivity index (χ3v) is 3.63. The van der Waals surface area contributed by atoms with E-state index in [1.807, 2.05) is 6.07 Å². The number of hydrogen-bond acceptors (Lipinski definition) is 5. The molecule has 2 rings (SSSR count). The lowest BCUT2D eigenvalue weighted by Crippen LogP contribution is -2.48. The number of ether oxygens (including phenoxy) is 3. The molecule has 0 bridgehead atoms. The van der Waals surface area contributed by atoms with Crippen LogP contribution >= 0.6 is 0 Å². The van der Waals surface area contributed by atoms with Gasteiger partial charge in [-0.1, -0.05) is 6.07 Å². The maximum Gasteiger partial charge on any atom is 0.161 e. The summed E-state index contributed by atoms with van der Waals surface area (Å²) in [5.74, 6) is 1.55. The van der Waals surface area contributed by atoms with Crippen molar-refractivity contribution in [2.75, 3.05) is 47.1 Å². The number of benzene rings is 1. The molecule has 1 aliphatic heterocycles. The van der Waals surface area contributed by atoms with Crippen LogP contribution in [0.25, 0.3) is 0 Å². The highest BCUT2D eigenvalue weighted by molar-refractivity contribution is 5.43. The lowest BCUT2D eigenvalue weighted by molar-refractivity contribution is 0.144. The maximum absolute atomic E-state index is 5.66. The largest absolute Gasteiger partial charge is 0.493 e. The third kappa shape index (κ3) is 4.88. The molecule has 118 valence electrons. The quantitative estimate of drug-likeness (QED) is 0.772. The van der Waals surface area contributed by atoms with Gasteiger partial charge >= 0.3 is 0 Å². The smallest absolute Gasteiger partial charge is 0.161 e. The fraction of sp³-hybridized carbons (Fsp3) is 0.625. The Hall–Kier alpha value is -1.30. The molecule has 0 amide bonds. The molecular weight excluding hydrogens is 268 g/mol. The molecule has 1 fully saturated rings. The highest BCUT2D eigenvalue weighted by atomic mass is 16.5. The van der Waals surface area contributed by atoms with E-state index < -0.39 is 0 Å². The number of piperazine rings is 1. The Morgan fingerprint density at radius 3 is 2.81 bits per heavy atom. The SMILES string of the molecule is COCCOc1ccc(CN2CCNC(C)C2)cc1OC. The second-order valence-corrected chi connectivity index (χ2v) is 5.42. The summed E-state index contributed by atoms with van der Waals surface area (Å²) in [6.45, 7) is 7.48. The van der Waals surface area contributed by atoms with E-state index in [-0.39, 0.29) is 0 Å². The lowest BCUT2D eigenvalue weighted by atomic mass is 10.1. The zero-order valence-corrected chi connectivity index (χ0v) is 13.2. The summed E-state index contributed by atoms with van der Waals surface area (Å²) in [6, 6.07) is 6.71. The van der Waals surface area contributed by atoms with E-state index in [1.165, 1.54) is 5.56 Å². The van der Waals surface area contributed by atoms with Crippen LogP contribution < -0.4 is 14.8 Å². The average Bonchev–Trinajstić information content (AvgIpc) is 2.48. The second kappa shape index (κ2) is 8.22. The number of methoxy groups -OCH3 is 2. The predicted octanol–water partition coefficient (Wildman–Crippen LogP) is 1.51. The summed E-state index contributed by atoms with van der Waals surface area (Å²) < 4.78 is 16.1. The third-order valence-electron chi connectivity index (χ3n) is 3.63. The van der Waals surface area contributed by atoms with Crippen molar-refractivity contribution in [1.29, 1.82) is 0 Å². The van der Waals surface area contributed by atoms with E-state index in [0.29, 0.717) is 19.3 Å². The topological polar surface area (TPSA) is 43.0 Å². The van der Waals surface area contributed by atoms with Gasteiger partial charge in [0.15, 0.2) is 11.5 Å². The Bertz CT molecular complexity index is 440. The van der Waals surface area contributed by atoms with Crippen molar-refractivity contribution >= 4 is 0 Å². The molecule has 1 N–H and O–H groups in total. The highest BCUT2D eigenvalue weighted by Gasteiger charge is 2.16. The predicted molar refractivity (Wildman–Crippen MR) is 83.1 cm³/mol. The first-order chi connectivity index (χ1) is 10.2. The molecule has 1 saturated heterocycles. The minimum atomic E-state index is 0.529. The van der Waals surface area contributed by atoms with Gasteiger partial charge in [0.2, 0.25) is 0 Å². The van der Waals surface area contributed by atoms with Crippen LogP contribution in [0.15, 0.2) is 18.2 Å². The van der Waals surface area contributed by atoms with Crippen LogP contribution in [0.4, 0.5) is 0 Å². The monoisotopic (exact) mass is 294 g/mol. The van der Waals surface area contributed by atoms with Gasteiger partial charge in [0.1, 0.15) is 6.61 Å². The van der Waals surface area contributed by atoms with Crippen LogP contribution in [0.5, 0.6) is 11.5 Å². The van der Waals surface area contributed by atoms with Gasteiger partial charge in [-0.15, -0.1) is 0 Å². The summed E-state index contributed by atoms with van der Waals surface area (Å²) in [4.78, 5) is 2.46. The Labute approximate surface area is 127 Å². The molecule has 0 radical (unpaired) electrons. The number of nitrogens with one attached hydrogen (secondary N) is 1. The van der Waals surface area contributed by atoms with Crippen molar-refractivity contribution in [2.45, 2.75) is 19.5 Å². The molecule has 1 aromatic carbocycles. The van der Waals surface area contributed by atoms with Gasteiger partial charge in [0.05, 0.1) is 13.7 Å². The molecule has 21 heavy (non-hydrogen) atoms. The average molecular weight is 294 g/mol. The van der Waals surface area contributed by atoms with Crippen molar-refractivity contribution in [3.8, 4) is 11.5 Å². The Balaban J connectivity index is 1.97. The van der Waals surface area contributed by atoms with Crippen LogP contribution in [0.3, 0.4) is 0 Å². The maximum atomic E-state index is 5.66. The molecule has 1 aromatic rings. The van der Waals surface area contributed by atoms with Crippen LogP contribution in [-0.4, -0.2) is 58.0 Å². The summed E-state index contributed by atoms with van der Waals surface area (Å²) in [6.07, 6.45) is 0. The van der Waals surface area contributed by atoms with E-state index in [4.69, 9.17) is 14.2 Å². The molecule has 1 aliphatic rings. The Kier molecular flexibility index (Phi) is 6.29. The molecule has 0 spiro atoms. The van der Waals surface area contributed by atoms with Gasteiger partial charge in [-0.3, -0.25) is 4.90 Å². The van der Waals surface area contributed by atoms with Gasteiger partial charge in [0.25, 0.3) is 0 Å². The molecular formula is C16H26N2O3. The molecule has 0 aliphatic carbocycles. The standard InChI is InChI=1S/C16H26N2O3/c1-13-11-18(7-6-17-13)12-14-4-5-15(16(10-14)20-3)21-9-8-19-2/h4-5,10,13,17H,6-9,11-12H2,1-3H3. The minimum Gasteiger partial charge on any atom is -0.493 e. The van der Waals surface area contributed by atoms with E-state index in [2.05, 4.69) is 29.3 Å². The van der Waals surface area contributed by atoms with E-state index in [1.54, 1.807) is 14.2 Å². The molecule has 1 heterocycles. The summed E-state index contributed by atoms with van der Waals surface area (Å²) in [5, 5.41) is 3.46. The molecule has 1 unspecified atom stereocenters. The van der Waals surface area contributed by atoms with Gasteiger partial charge in [-0.25, -0.2) is 0 Å². The molecule has 1 atom stereocenters. The van der Waals surface area contributed by atoms with E-state index in [9.17, 15) is 0 Å². The van der Waals surface area contributed by atoms with Crippen molar-refractivity contribution in [1.82, 2.24) is 10.2 Å². The second-order valence-electron chi connectivity index (χ2n) is 5.42. The van der Waals surface area contributed by atoms with Crippen molar-refractivity contribution < 1.29 is 14.2 Å². The zero-order chi connectivity index (χ0) is 15.1. The van der Waals surface area contributed by atoms with Gasteiger partial charge in [-0.2, -0.15) is 0 Å². The number of hydrogen-bond donors (Lipinski definition) is 1. The fourth-order valence-corrected chi connectivity index (χ4v) is 2.58. The van der Waals surface area contributed by atoms with Gasteiger partial charge in [-0.05, 0) is 24.6 Å². The molecule has 5 heteroatoms. The van der Waals surface area contributed by atoms with E-state index >= 15 is 0 Å². The first kappa shape index (κ1) is 16.1.